The molecular weight excluding hydrogens is 344 g/mol. The summed E-state index contributed by atoms with van der Waals surface area (Å²) in [6, 6.07) is 28.3. The SMILES string of the molecule is CC(CC1=NCc2ccccc21)NC(=O)C(c1ccccc1)c1ccccc1. The lowest BCUT2D eigenvalue weighted by molar-refractivity contribution is -0.122. The molecule has 3 nitrogen and oxygen atoms in total. The Hall–Kier alpha value is -3.20. The van der Waals surface area contributed by atoms with E-state index in [0.29, 0.717) is 0 Å². The van der Waals surface area contributed by atoms with Crippen molar-refractivity contribution in [3.8, 4) is 0 Å². The third kappa shape index (κ3) is 3.89. The van der Waals surface area contributed by atoms with Crippen LogP contribution >= 0.6 is 0 Å². The predicted molar refractivity (Wildman–Crippen MR) is 114 cm³/mol. The van der Waals surface area contributed by atoms with Crippen LogP contribution in [-0.4, -0.2) is 17.7 Å². The highest BCUT2D eigenvalue weighted by molar-refractivity contribution is 6.04. The topological polar surface area (TPSA) is 41.5 Å². The molecule has 3 heteroatoms. The summed E-state index contributed by atoms with van der Waals surface area (Å²) >= 11 is 0. The highest BCUT2D eigenvalue weighted by Crippen LogP contribution is 2.26. The largest absolute Gasteiger partial charge is 0.352 e. The van der Waals surface area contributed by atoms with E-state index in [9.17, 15) is 4.79 Å². The molecule has 0 aromatic heterocycles. The van der Waals surface area contributed by atoms with Crippen LogP contribution in [0.4, 0.5) is 0 Å². The van der Waals surface area contributed by atoms with Crippen LogP contribution in [0.1, 0.15) is 41.5 Å². The van der Waals surface area contributed by atoms with Crippen LogP contribution in [-0.2, 0) is 11.3 Å². The fraction of sp³-hybridized carbons (Fsp3) is 0.200. The van der Waals surface area contributed by atoms with E-state index in [0.717, 1.165) is 29.8 Å². The number of nitrogens with zero attached hydrogens (tertiary/aromatic N) is 1. The van der Waals surface area contributed by atoms with Gasteiger partial charge in [-0.3, -0.25) is 9.79 Å². The molecule has 0 aliphatic carbocycles. The smallest absolute Gasteiger partial charge is 0.232 e. The number of benzene rings is 3. The van der Waals surface area contributed by atoms with E-state index in [1.54, 1.807) is 0 Å². The lowest BCUT2D eigenvalue weighted by atomic mass is 9.90. The molecule has 1 heterocycles. The molecular formula is C25H24N2O. The van der Waals surface area contributed by atoms with E-state index in [2.05, 4.69) is 29.4 Å². The van der Waals surface area contributed by atoms with E-state index in [1.165, 1.54) is 11.1 Å². The summed E-state index contributed by atoms with van der Waals surface area (Å²) in [5.41, 5.74) is 5.57. The number of nitrogens with one attached hydrogen (secondary N) is 1. The molecule has 0 saturated heterocycles. The van der Waals surface area contributed by atoms with E-state index in [-0.39, 0.29) is 17.9 Å². The summed E-state index contributed by atoms with van der Waals surface area (Å²) in [7, 11) is 0. The maximum absolute atomic E-state index is 13.2. The number of rotatable bonds is 6. The van der Waals surface area contributed by atoms with Crippen LogP contribution in [0.15, 0.2) is 89.9 Å². The molecule has 1 amide bonds. The quantitative estimate of drug-likeness (QED) is 0.672. The Morgan fingerprint density at radius 1 is 0.893 bits per heavy atom. The lowest BCUT2D eigenvalue weighted by Gasteiger charge is -2.21. The van der Waals surface area contributed by atoms with Gasteiger partial charge in [0.05, 0.1) is 12.5 Å². The highest BCUT2D eigenvalue weighted by atomic mass is 16.1. The van der Waals surface area contributed by atoms with Crippen molar-refractivity contribution in [1.82, 2.24) is 5.32 Å². The maximum Gasteiger partial charge on any atom is 0.232 e. The number of carbonyl (C=O) groups excluding carboxylic acids is 1. The Morgan fingerprint density at radius 2 is 1.46 bits per heavy atom. The van der Waals surface area contributed by atoms with Crippen molar-refractivity contribution < 1.29 is 4.79 Å². The number of fused-ring (bicyclic) bond motifs is 1. The average Bonchev–Trinajstić information content (AvgIpc) is 3.12. The Kier molecular flexibility index (Phi) is 5.34. The average molecular weight is 368 g/mol. The van der Waals surface area contributed by atoms with Crippen molar-refractivity contribution >= 4 is 11.6 Å². The third-order valence-corrected chi connectivity index (χ3v) is 5.18. The Labute approximate surface area is 166 Å². The summed E-state index contributed by atoms with van der Waals surface area (Å²) < 4.78 is 0. The molecule has 3 aromatic carbocycles. The van der Waals surface area contributed by atoms with Crippen molar-refractivity contribution in [3.05, 3.63) is 107 Å². The van der Waals surface area contributed by atoms with Gasteiger partial charge in [-0.25, -0.2) is 0 Å². The van der Waals surface area contributed by atoms with Gasteiger partial charge >= 0.3 is 0 Å². The van der Waals surface area contributed by atoms with Crippen molar-refractivity contribution in [2.75, 3.05) is 0 Å². The zero-order chi connectivity index (χ0) is 19.3. The first kappa shape index (κ1) is 18.2. The van der Waals surface area contributed by atoms with Crippen LogP contribution < -0.4 is 5.32 Å². The third-order valence-electron chi connectivity index (χ3n) is 5.18. The molecule has 1 N–H and O–H groups in total. The van der Waals surface area contributed by atoms with E-state index < -0.39 is 0 Å². The van der Waals surface area contributed by atoms with Gasteiger partial charge in [0.2, 0.25) is 5.91 Å². The molecule has 0 spiro atoms. The summed E-state index contributed by atoms with van der Waals surface area (Å²) in [5, 5.41) is 3.21. The van der Waals surface area contributed by atoms with Crippen LogP contribution in [0, 0.1) is 0 Å². The molecule has 0 fully saturated rings. The Bertz CT molecular complexity index is 940. The van der Waals surface area contributed by atoms with Crippen molar-refractivity contribution in [3.63, 3.8) is 0 Å². The van der Waals surface area contributed by atoms with Crippen molar-refractivity contribution in [1.29, 1.82) is 0 Å². The standard InChI is InChI=1S/C25H24N2O/c1-18(16-23-22-15-9-8-14-21(22)17-26-23)27-25(28)24(19-10-4-2-5-11-19)20-12-6-3-7-13-20/h2-15,18,24H,16-17H2,1H3,(H,27,28). The molecule has 1 aliphatic heterocycles. The monoisotopic (exact) mass is 368 g/mol. The zero-order valence-corrected chi connectivity index (χ0v) is 16.0. The summed E-state index contributed by atoms with van der Waals surface area (Å²) in [4.78, 5) is 17.9. The molecule has 3 aromatic rings. The van der Waals surface area contributed by atoms with Gasteiger partial charge in [-0.2, -0.15) is 0 Å². The van der Waals surface area contributed by atoms with Crippen LogP contribution in [0.2, 0.25) is 0 Å². The van der Waals surface area contributed by atoms with Crippen molar-refractivity contribution in [2.45, 2.75) is 31.8 Å². The van der Waals surface area contributed by atoms with Gasteiger partial charge in [0.1, 0.15) is 0 Å². The molecule has 0 radical (unpaired) electrons. The fourth-order valence-corrected chi connectivity index (χ4v) is 3.83. The molecule has 4 rings (SSSR count). The minimum atomic E-state index is -0.317. The number of hydrogen-bond acceptors (Lipinski definition) is 2. The fourth-order valence-electron chi connectivity index (χ4n) is 3.83. The van der Waals surface area contributed by atoms with Crippen LogP contribution in [0.5, 0.6) is 0 Å². The second-order valence-corrected chi connectivity index (χ2v) is 7.29. The van der Waals surface area contributed by atoms with Gasteiger partial charge in [-0.1, -0.05) is 84.9 Å². The number of carbonyl (C=O) groups is 1. The predicted octanol–water partition coefficient (Wildman–Crippen LogP) is 4.72. The molecule has 0 saturated carbocycles. The first-order valence-corrected chi connectivity index (χ1v) is 9.74. The second-order valence-electron chi connectivity index (χ2n) is 7.29. The van der Waals surface area contributed by atoms with Gasteiger partial charge in [-0.15, -0.1) is 0 Å². The van der Waals surface area contributed by atoms with Crippen molar-refractivity contribution in [2.24, 2.45) is 4.99 Å². The zero-order valence-electron chi connectivity index (χ0n) is 16.0. The van der Waals surface area contributed by atoms with E-state index >= 15 is 0 Å². The molecule has 1 atom stereocenters. The van der Waals surface area contributed by atoms with Gasteiger partial charge in [0, 0.05) is 23.7 Å². The Balaban J connectivity index is 1.50. The summed E-state index contributed by atoms with van der Waals surface area (Å²) in [6.07, 6.45) is 0.735. The minimum Gasteiger partial charge on any atom is -0.352 e. The van der Waals surface area contributed by atoms with Crippen LogP contribution in [0.3, 0.4) is 0 Å². The summed E-state index contributed by atoms with van der Waals surface area (Å²) in [5.74, 6) is -0.292. The molecule has 0 bridgehead atoms. The van der Waals surface area contributed by atoms with E-state index in [4.69, 9.17) is 0 Å². The minimum absolute atomic E-state index is 0.00679. The first-order valence-electron chi connectivity index (χ1n) is 9.74. The number of hydrogen-bond donors (Lipinski definition) is 1. The second kappa shape index (κ2) is 8.22. The van der Waals surface area contributed by atoms with Gasteiger partial charge in [-0.05, 0) is 23.6 Å². The maximum atomic E-state index is 13.2. The molecule has 1 aliphatic rings. The lowest BCUT2D eigenvalue weighted by Crippen LogP contribution is -2.38. The van der Waals surface area contributed by atoms with Crippen LogP contribution in [0.25, 0.3) is 0 Å². The number of amides is 1. The molecule has 1 unspecified atom stereocenters. The van der Waals surface area contributed by atoms with Gasteiger partial charge in [0.15, 0.2) is 0 Å². The Morgan fingerprint density at radius 3 is 2.11 bits per heavy atom. The normalized spacial score (nSPS) is 13.7. The highest BCUT2D eigenvalue weighted by Gasteiger charge is 2.25. The van der Waals surface area contributed by atoms with E-state index in [1.807, 2.05) is 72.8 Å². The number of aliphatic imine (C=N–C) groups is 1. The van der Waals surface area contributed by atoms with Gasteiger partial charge in [0.25, 0.3) is 0 Å². The molecule has 28 heavy (non-hydrogen) atoms. The molecule has 140 valence electrons. The first-order chi connectivity index (χ1) is 13.7. The summed E-state index contributed by atoms with van der Waals surface area (Å²) in [6.45, 7) is 2.79. The van der Waals surface area contributed by atoms with Gasteiger partial charge < -0.3 is 5.32 Å².